The van der Waals surface area contributed by atoms with Crippen molar-refractivity contribution in [3.05, 3.63) is 0 Å². The quantitative estimate of drug-likeness (QED) is 0.794. The summed E-state index contributed by atoms with van der Waals surface area (Å²) >= 11 is 0. The number of nitrogens with two attached hydrogens (primary N) is 1. The Bertz CT molecular complexity index is 283. The lowest BCUT2D eigenvalue weighted by Gasteiger charge is -2.46. The molecule has 0 radical (unpaired) electrons. The van der Waals surface area contributed by atoms with Crippen molar-refractivity contribution in [3.8, 4) is 0 Å². The fourth-order valence-electron chi connectivity index (χ4n) is 4.58. The second-order valence-corrected chi connectivity index (χ2v) is 6.37. The van der Waals surface area contributed by atoms with Gasteiger partial charge in [-0.1, -0.05) is 6.42 Å². The summed E-state index contributed by atoms with van der Waals surface area (Å²) in [6, 6.07) is 0. The molecule has 1 aliphatic heterocycles. The Labute approximate surface area is 105 Å². The molecule has 3 nitrogen and oxygen atoms in total. The van der Waals surface area contributed by atoms with Gasteiger partial charge in [-0.05, 0) is 44.4 Å². The van der Waals surface area contributed by atoms with Crippen LogP contribution in [0.15, 0.2) is 0 Å². The van der Waals surface area contributed by atoms with Crippen LogP contribution in [0, 0.1) is 11.8 Å². The third-order valence-corrected chi connectivity index (χ3v) is 5.38. The van der Waals surface area contributed by atoms with Gasteiger partial charge in [0.15, 0.2) is 0 Å². The molecule has 3 fully saturated rings. The summed E-state index contributed by atoms with van der Waals surface area (Å²) in [6.45, 7) is 6.24. The zero-order valence-corrected chi connectivity index (χ0v) is 11.0. The van der Waals surface area contributed by atoms with Gasteiger partial charge in [0, 0.05) is 31.8 Å². The molecule has 3 aliphatic rings. The molecule has 4 atom stereocenters. The lowest BCUT2D eigenvalue weighted by molar-refractivity contribution is 0.0123. The van der Waals surface area contributed by atoms with E-state index in [4.69, 9.17) is 10.5 Å². The maximum atomic E-state index is 6.20. The monoisotopic (exact) mass is 238 g/mol. The molecule has 0 aromatic rings. The molecule has 2 saturated carbocycles. The SMILES string of the molecule is CC1CN(C2(CN)CC3CCC2C3)CCCO1. The van der Waals surface area contributed by atoms with Gasteiger partial charge in [-0.3, -0.25) is 4.90 Å². The standard InChI is InChI=1S/C14H26N2O/c1-11-9-16(5-2-6-17-11)14(10-15)8-12-3-4-13(14)7-12/h11-13H,2-10,15H2,1H3. The van der Waals surface area contributed by atoms with Crippen LogP contribution in [-0.4, -0.2) is 42.8 Å². The van der Waals surface area contributed by atoms with Crippen molar-refractivity contribution in [2.75, 3.05) is 26.2 Å². The van der Waals surface area contributed by atoms with Crippen LogP contribution in [0.5, 0.6) is 0 Å². The first-order valence-corrected chi connectivity index (χ1v) is 7.31. The van der Waals surface area contributed by atoms with Crippen molar-refractivity contribution >= 4 is 0 Å². The van der Waals surface area contributed by atoms with Gasteiger partial charge in [0.25, 0.3) is 0 Å². The van der Waals surface area contributed by atoms with Crippen LogP contribution in [0.25, 0.3) is 0 Å². The fraction of sp³-hybridized carbons (Fsp3) is 1.00. The summed E-state index contributed by atoms with van der Waals surface area (Å²) in [7, 11) is 0. The summed E-state index contributed by atoms with van der Waals surface area (Å²) in [5, 5.41) is 0. The second kappa shape index (κ2) is 4.52. The van der Waals surface area contributed by atoms with E-state index < -0.39 is 0 Å². The normalized spacial score (nSPS) is 47.3. The summed E-state index contributed by atoms with van der Waals surface area (Å²) in [6.07, 6.45) is 7.19. The fourth-order valence-corrected chi connectivity index (χ4v) is 4.58. The largest absolute Gasteiger partial charge is 0.377 e. The minimum Gasteiger partial charge on any atom is -0.377 e. The lowest BCUT2D eigenvalue weighted by Crippen LogP contribution is -2.58. The minimum atomic E-state index is 0.324. The number of rotatable bonds is 2. The number of hydrogen-bond acceptors (Lipinski definition) is 3. The Morgan fingerprint density at radius 1 is 1.41 bits per heavy atom. The Morgan fingerprint density at radius 3 is 2.94 bits per heavy atom. The van der Waals surface area contributed by atoms with Crippen LogP contribution in [0.3, 0.4) is 0 Å². The van der Waals surface area contributed by atoms with Crippen molar-refractivity contribution in [1.29, 1.82) is 0 Å². The molecule has 4 unspecified atom stereocenters. The van der Waals surface area contributed by atoms with Gasteiger partial charge in [0.05, 0.1) is 6.10 Å². The molecular weight excluding hydrogens is 212 g/mol. The van der Waals surface area contributed by atoms with E-state index in [2.05, 4.69) is 11.8 Å². The third-order valence-electron chi connectivity index (χ3n) is 5.38. The number of ether oxygens (including phenoxy) is 1. The first-order valence-electron chi connectivity index (χ1n) is 7.31. The molecular formula is C14H26N2O. The van der Waals surface area contributed by atoms with Crippen molar-refractivity contribution in [2.24, 2.45) is 17.6 Å². The highest BCUT2D eigenvalue weighted by molar-refractivity contribution is 5.08. The molecule has 0 spiro atoms. The summed E-state index contributed by atoms with van der Waals surface area (Å²) in [4.78, 5) is 2.69. The smallest absolute Gasteiger partial charge is 0.0674 e. The molecule has 17 heavy (non-hydrogen) atoms. The van der Waals surface area contributed by atoms with E-state index in [0.717, 1.165) is 31.5 Å². The van der Waals surface area contributed by atoms with Gasteiger partial charge in [0.1, 0.15) is 0 Å². The molecule has 2 N–H and O–H groups in total. The molecule has 3 heteroatoms. The van der Waals surface area contributed by atoms with E-state index in [-0.39, 0.29) is 0 Å². The molecule has 3 rings (SSSR count). The maximum Gasteiger partial charge on any atom is 0.0674 e. The molecule has 0 aromatic heterocycles. The van der Waals surface area contributed by atoms with E-state index >= 15 is 0 Å². The number of nitrogens with zero attached hydrogens (tertiary/aromatic N) is 1. The van der Waals surface area contributed by atoms with Gasteiger partial charge >= 0.3 is 0 Å². The predicted octanol–water partition coefficient (Wildman–Crippen LogP) is 1.61. The minimum absolute atomic E-state index is 0.324. The highest BCUT2D eigenvalue weighted by atomic mass is 16.5. The molecule has 1 saturated heterocycles. The molecule has 98 valence electrons. The summed E-state index contributed by atoms with van der Waals surface area (Å²) < 4.78 is 5.78. The first kappa shape index (κ1) is 11.9. The highest BCUT2D eigenvalue weighted by Crippen LogP contribution is 2.53. The zero-order valence-electron chi connectivity index (χ0n) is 11.0. The second-order valence-electron chi connectivity index (χ2n) is 6.37. The van der Waals surface area contributed by atoms with E-state index in [1.54, 1.807) is 0 Å². The average molecular weight is 238 g/mol. The van der Waals surface area contributed by atoms with Crippen molar-refractivity contribution in [2.45, 2.75) is 50.7 Å². The molecule has 0 aromatic carbocycles. The van der Waals surface area contributed by atoms with Crippen molar-refractivity contribution < 1.29 is 4.74 Å². The van der Waals surface area contributed by atoms with Crippen molar-refractivity contribution in [3.63, 3.8) is 0 Å². The van der Waals surface area contributed by atoms with E-state index in [1.807, 2.05) is 0 Å². The molecule has 2 aliphatic carbocycles. The Morgan fingerprint density at radius 2 is 2.29 bits per heavy atom. The van der Waals surface area contributed by atoms with Crippen LogP contribution in [-0.2, 0) is 4.74 Å². The Kier molecular flexibility index (Phi) is 3.18. The Hall–Kier alpha value is -0.120. The molecule has 1 heterocycles. The van der Waals surface area contributed by atoms with Crippen molar-refractivity contribution in [1.82, 2.24) is 4.90 Å². The van der Waals surface area contributed by atoms with Gasteiger partial charge in [-0.2, -0.15) is 0 Å². The Balaban J connectivity index is 1.79. The van der Waals surface area contributed by atoms with Gasteiger partial charge in [-0.25, -0.2) is 0 Å². The van der Waals surface area contributed by atoms with Crippen LogP contribution in [0.2, 0.25) is 0 Å². The molecule has 2 bridgehead atoms. The first-order chi connectivity index (χ1) is 8.24. The van der Waals surface area contributed by atoms with Crippen LogP contribution >= 0.6 is 0 Å². The highest BCUT2D eigenvalue weighted by Gasteiger charge is 2.53. The lowest BCUT2D eigenvalue weighted by atomic mass is 9.79. The van der Waals surface area contributed by atoms with Crippen LogP contribution in [0.1, 0.15) is 39.0 Å². The molecule has 0 amide bonds. The maximum absolute atomic E-state index is 6.20. The van der Waals surface area contributed by atoms with Crippen LogP contribution < -0.4 is 5.73 Å². The zero-order chi connectivity index (χ0) is 11.9. The number of hydrogen-bond donors (Lipinski definition) is 1. The third kappa shape index (κ3) is 1.92. The van der Waals surface area contributed by atoms with Gasteiger partial charge < -0.3 is 10.5 Å². The topological polar surface area (TPSA) is 38.5 Å². The van der Waals surface area contributed by atoms with E-state index in [0.29, 0.717) is 11.6 Å². The van der Waals surface area contributed by atoms with E-state index in [9.17, 15) is 0 Å². The summed E-state index contributed by atoms with van der Waals surface area (Å²) in [5.41, 5.74) is 6.52. The van der Waals surface area contributed by atoms with Gasteiger partial charge in [0.2, 0.25) is 0 Å². The van der Waals surface area contributed by atoms with E-state index in [1.165, 1.54) is 38.6 Å². The number of fused-ring (bicyclic) bond motifs is 2. The van der Waals surface area contributed by atoms with Crippen LogP contribution in [0.4, 0.5) is 0 Å². The van der Waals surface area contributed by atoms with Gasteiger partial charge in [-0.15, -0.1) is 0 Å². The predicted molar refractivity (Wildman–Crippen MR) is 68.8 cm³/mol. The average Bonchev–Trinajstić information content (AvgIpc) is 2.87. The summed E-state index contributed by atoms with van der Waals surface area (Å²) in [5.74, 6) is 1.82.